The molecule has 2 heterocycles. The Morgan fingerprint density at radius 3 is 2.11 bits per heavy atom. The quantitative estimate of drug-likeness (QED) is 0.821. The fraction of sp³-hybridized carbons (Fsp3) is 0.867. The number of aromatic nitrogens is 2. The van der Waals surface area contributed by atoms with Gasteiger partial charge in [-0.1, -0.05) is 27.7 Å². The molecule has 4 heteroatoms. The Kier molecular flexibility index (Phi) is 8.65. The van der Waals surface area contributed by atoms with Crippen LogP contribution in [-0.4, -0.2) is 34.2 Å². The van der Waals surface area contributed by atoms with Gasteiger partial charge in [0.05, 0.1) is 0 Å². The zero-order valence-corrected chi connectivity index (χ0v) is 13.9. The van der Waals surface area contributed by atoms with E-state index in [-0.39, 0.29) is 0 Å². The second-order valence-electron chi connectivity index (χ2n) is 4.67. The third kappa shape index (κ3) is 4.94. The average molecular weight is 269 g/mol. The summed E-state index contributed by atoms with van der Waals surface area (Å²) in [4.78, 5) is 2.42. The van der Waals surface area contributed by atoms with Crippen molar-refractivity contribution in [3.05, 3.63) is 11.8 Å². The first kappa shape index (κ1) is 18.1. The Morgan fingerprint density at radius 2 is 1.74 bits per heavy atom. The zero-order chi connectivity index (χ0) is 15.0. The maximum atomic E-state index is 5.42. The molecular formula is C15H31N3O. The van der Waals surface area contributed by atoms with Crippen LogP contribution < -0.4 is 0 Å². The lowest BCUT2D eigenvalue weighted by atomic mass is 9.97. The van der Waals surface area contributed by atoms with Crippen molar-refractivity contribution < 1.29 is 4.42 Å². The van der Waals surface area contributed by atoms with E-state index in [0.717, 1.165) is 12.3 Å². The third-order valence-corrected chi connectivity index (χ3v) is 3.67. The van der Waals surface area contributed by atoms with Crippen LogP contribution in [0.1, 0.15) is 59.7 Å². The lowest BCUT2D eigenvalue weighted by Gasteiger charge is -2.21. The monoisotopic (exact) mass is 269 g/mol. The Bertz CT molecular complexity index is 338. The van der Waals surface area contributed by atoms with Crippen LogP contribution in [0.15, 0.2) is 4.42 Å². The summed E-state index contributed by atoms with van der Waals surface area (Å²) in [6, 6.07) is 1.27. The molecule has 3 atom stereocenters. The van der Waals surface area contributed by atoms with Gasteiger partial charge in [0.25, 0.3) is 0 Å². The maximum absolute atomic E-state index is 5.42. The van der Waals surface area contributed by atoms with Crippen LogP contribution in [0.3, 0.4) is 0 Å². The molecule has 1 aliphatic rings. The highest BCUT2D eigenvalue weighted by molar-refractivity contribution is 4.93. The number of rotatable bonds is 2. The minimum Gasteiger partial charge on any atom is -0.426 e. The van der Waals surface area contributed by atoms with E-state index in [1.807, 2.05) is 34.6 Å². The second kappa shape index (κ2) is 9.08. The largest absolute Gasteiger partial charge is 0.426 e. The fourth-order valence-electron chi connectivity index (χ4n) is 2.43. The van der Waals surface area contributed by atoms with Gasteiger partial charge in [0, 0.05) is 25.4 Å². The minimum absolute atomic E-state index is 0.604. The molecule has 0 bridgehead atoms. The van der Waals surface area contributed by atoms with Crippen molar-refractivity contribution in [3.63, 3.8) is 0 Å². The predicted molar refractivity (Wildman–Crippen MR) is 80.2 cm³/mol. The van der Waals surface area contributed by atoms with Gasteiger partial charge in [0.15, 0.2) is 0 Å². The van der Waals surface area contributed by atoms with E-state index in [9.17, 15) is 0 Å². The molecule has 19 heavy (non-hydrogen) atoms. The number of hydrogen-bond donors (Lipinski definition) is 0. The molecule has 1 saturated heterocycles. The number of nitrogens with zero attached hydrogens (tertiary/aromatic N) is 3. The van der Waals surface area contributed by atoms with Crippen molar-refractivity contribution in [1.82, 2.24) is 15.1 Å². The molecule has 2 unspecified atom stereocenters. The van der Waals surface area contributed by atoms with E-state index in [4.69, 9.17) is 4.42 Å². The summed E-state index contributed by atoms with van der Waals surface area (Å²) in [6.07, 6.45) is 2.13. The van der Waals surface area contributed by atoms with Crippen LogP contribution in [0.2, 0.25) is 0 Å². The fourth-order valence-corrected chi connectivity index (χ4v) is 2.43. The van der Waals surface area contributed by atoms with Crippen LogP contribution in [0, 0.1) is 12.8 Å². The van der Waals surface area contributed by atoms with Crippen molar-refractivity contribution in [3.8, 4) is 0 Å². The van der Waals surface area contributed by atoms with E-state index in [0.29, 0.717) is 23.9 Å². The van der Waals surface area contributed by atoms with Gasteiger partial charge in [-0.05, 0) is 33.2 Å². The predicted octanol–water partition coefficient (Wildman–Crippen LogP) is 3.70. The van der Waals surface area contributed by atoms with Gasteiger partial charge in [-0.15, -0.1) is 10.2 Å². The van der Waals surface area contributed by atoms with E-state index in [2.05, 4.69) is 36.0 Å². The summed E-state index contributed by atoms with van der Waals surface area (Å²) in [5.41, 5.74) is 0. The van der Waals surface area contributed by atoms with E-state index in [1.165, 1.54) is 6.42 Å². The molecule has 0 amide bonds. The highest BCUT2D eigenvalue weighted by atomic mass is 16.4. The molecule has 1 aromatic rings. The molecule has 112 valence electrons. The lowest BCUT2D eigenvalue weighted by Crippen LogP contribution is -2.30. The minimum atomic E-state index is 0.604. The normalized spacial score (nSPS) is 26.2. The molecule has 1 aromatic heterocycles. The molecule has 0 saturated carbocycles. The summed E-state index contributed by atoms with van der Waals surface area (Å²) in [6.45, 7) is 14.4. The summed E-state index contributed by atoms with van der Waals surface area (Å²) in [7, 11) is 2.19. The topological polar surface area (TPSA) is 42.2 Å². The average Bonchev–Trinajstić information content (AvgIpc) is 2.95. The Labute approximate surface area is 118 Å². The molecular weight excluding hydrogens is 238 g/mol. The lowest BCUT2D eigenvalue weighted by molar-refractivity contribution is 0.245. The second-order valence-corrected chi connectivity index (χ2v) is 4.67. The van der Waals surface area contributed by atoms with Crippen LogP contribution in [-0.2, 0) is 6.42 Å². The first-order valence-corrected chi connectivity index (χ1v) is 7.59. The van der Waals surface area contributed by atoms with E-state index < -0.39 is 0 Å². The standard InChI is InChI=1S/C11H19N3O.2C2H6/c1-7-5-10(8(2)14(7)4)6-11-13-12-9(3)15-11;2*1-2/h7-8,10H,5-6H2,1-4H3;2*1-2H3/t7?,8-,10?;;/m1../s1. The number of hydrogen-bond acceptors (Lipinski definition) is 4. The molecule has 0 radical (unpaired) electrons. The highest BCUT2D eigenvalue weighted by Crippen LogP contribution is 2.30. The van der Waals surface area contributed by atoms with Gasteiger partial charge in [-0.2, -0.15) is 0 Å². The van der Waals surface area contributed by atoms with Crippen LogP contribution in [0.5, 0.6) is 0 Å². The van der Waals surface area contributed by atoms with Crippen molar-refractivity contribution in [2.75, 3.05) is 7.05 Å². The smallest absolute Gasteiger partial charge is 0.216 e. The Balaban J connectivity index is 0.000000741. The maximum Gasteiger partial charge on any atom is 0.216 e. The molecule has 1 aliphatic heterocycles. The Hall–Kier alpha value is -0.900. The van der Waals surface area contributed by atoms with Crippen LogP contribution in [0.4, 0.5) is 0 Å². The Morgan fingerprint density at radius 1 is 1.16 bits per heavy atom. The van der Waals surface area contributed by atoms with E-state index in [1.54, 1.807) is 0 Å². The van der Waals surface area contributed by atoms with Gasteiger partial charge in [0.1, 0.15) is 0 Å². The van der Waals surface area contributed by atoms with Crippen LogP contribution >= 0.6 is 0 Å². The molecule has 2 rings (SSSR count). The molecule has 1 fully saturated rings. The molecule has 0 aliphatic carbocycles. The number of aryl methyl sites for hydroxylation is 1. The first-order chi connectivity index (χ1) is 9.08. The SMILES string of the molecule is CC.CC.Cc1nnc(CC2CC(C)N(C)[C@@H]2C)o1. The van der Waals surface area contributed by atoms with Gasteiger partial charge in [-0.3, -0.25) is 0 Å². The summed E-state index contributed by atoms with van der Waals surface area (Å²) >= 11 is 0. The van der Waals surface area contributed by atoms with Crippen molar-refractivity contribution >= 4 is 0 Å². The summed E-state index contributed by atoms with van der Waals surface area (Å²) < 4.78 is 5.42. The summed E-state index contributed by atoms with van der Waals surface area (Å²) in [5, 5.41) is 7.92. The van der Waals surface area contributed by atoms with E-state index >= 15 is 0 Å². The molecule has 4 nitrogen and oxygen atoms in total. The van der Waals surface area contributed by atoms with Gasteiger partial charge in [-0.25, -0.2) is 0 Å². The zero-order valence-electron chi connectivity index (χ0n) is 13.9. The third-order valence-electron chi connectivity index (χ3n) is 3.67. The van der Waals surface area contributed by atoms with Gasteiger partial charge >= 0.3 is 0 Å². The first-order valence-electron chi connectivity index (χ1n) is 7.59. The van der Waals surface area contributed by atoms with Crippen molar-refractivity contribution in [1.29, 1.82) is 0 Å². The molecule has 0 aromatic carbocycles. The highest BCUT2D eigenvalue weighted by Gasteiger charge is 2.34. The summed E-state index contributed by atoms with van der Waals surface area (Å²) in [5.74, 6) is 2.09. The molecule has 0 spiro atoms. The molecule has 0 N–H and O–H groups in total. The van der Waals surface area contributed by atoms with Crippen molar-refractivity contribution in [2.24, 2.45) is 5.92 Å². The van der Waals surface area contributed by atoms with Gasteiger partial charge < -0.3 is 9.32 Å². The number of likely N-dealkylation sites (tertiary alicyclic amines) is 1. The van der Waals surface area contributed by atoms with Crippen molar-refractivity contribution in [2.45, 2.75) is 73.4 Å². The van der Waals surface area contributed by atoms with Crippen LogP contribution in [0.25, 0.3) is 0 Å². The van der Waals surface area contributed by atoms with Gasteiger partial charge in [0.2, 0.25) is 11.8 Å².